The first kappa shape index (κ1) is 17.6. The molecule has 0 bridgehead atoms. The third kappa shape index (κ3) is 4.14. The van der Waals surface area contributed by atoms with Gasteiger partial charge in [-0.05, 0) is 31.8 Å². The van der Waals surface area contributed by atoms with Gasteiger partial charge in [0.2, 0.25) is 0 Å². The first-order valence-electron chi connectivity index (χ1n) is 7.20. The zero-order valence-electron chi connectivity index (χ0n) is 13.2. The van der Waals surface area contributed by atoms with Crippen LogP contribution < -0.4 is 4.74 Å². The molecule has 0 saturated carbocycles. The predicted octanol–water partition coefficient (Wildman–Crippen LogP) is 5.33. The molecular formula is C17H19F3O2Si. The molecule has 2 nitrogen and oxygen atoms in total. The molecule has 0 aromatic heterocycles. The fourth-order valence-electron chi connectivity index (χ4n) is 2.16. The van der Waals surface area contributed by atoms with E-state index in [-0.39, 0.29) is 11.3 Å². The number of ether oxygens (including phenoxy) is 1. The minimum atomic E-state index is -4.73. The lowest BCUT2D eigenvalue weighted by Crippen LogP contribution is -2.54. The van der Waals surface area contributed by atoms with Crippen molar-refractivity contribution in [2.24, 2.45) is 0 Å². The molecule has 23 heavy (non-hydrogen) atoms. The Balaban J connectivity index is 2.59. The Morgan fingerprint density at radius 3 is 1.70 bits per heavy atom. The molecule has 0 aliphatic heterocycles. The fourth-order valence-corrected chi connectivity index (χ4v) is 3.30. The quantitative estimate of drug-likeness (QED) is 0.541. The lowest BCUT2D eigenvalue weighted by atomic mass is 10.1. The Morgan fingerprint density at radius 1 is 0.783 bits per heavy atom. The summed E-state index contributed by atoms with van der Waals surface area (Å²) >= 11 is 0. The normalized spacial score (nSPS) is 15.0. The summed E-state index contributed by atoms with van der Waals surface area (Å²) in [5.41, 5.74) is -0.0706. The largest absolute Gasteiger partial charge is 0.459 e. The summed E-state index contributed by atoms with van der Waals surface area (Å²) in [7, 11) is -2.58. The van der Waals surface area contributed by atoms with Gasteiger partial charge in [0.1, 0.15) is 5.75 Å². The van der Waals surface area contributed by atoms with Crippen LogP contribution in [0.2, 0.25) is 19.6 Å². The highest BCUT2D eigenvalue weighted by Gasteiger charge is 2.62. The molecule has 0 amide bonds. The van der Waals surface area contributed by atoms with Crippen molar-refractivity contribution < 1.29 is 22.3 Å². The van der Waals surface area contributed by atoms with Crippen molar-refractivity contribution in [3.8, 4) is 5.75 Å². The number of para-hydroxylation sites is 1. The second-order valence-corrected chi connectivity index (χ2v) is 10.5. The van der Waals surface area contributed by atoms with Crippen molar-refractivity contribution in [1.82, 2.24) is 0 Å². The summed E-state index contributed by atoms with van der Waals surface area (Å²) in [6, 6.07) is 15.4. The summed E-state index contributed by atoms with van der Waals surface area (Å²) in [6.07, 6.45) is -4.73. The molecule has 0 radical (unpaired) electrons. The van der Waals surface area contributed by atoms with Gasteiger partial charge < -0.3 is 9.16 Å². The minimum absolute atomic E-state index is 0.0706. The van der Waals surface area contributed by atoms with Crippen molar-refractivity contribution in [2.75, 3.05) is 0 Å². The fraction of sp³-hybridized carbons (Fsp3) is 0.294. The molecule has 0 aliphatic rings. The number of hydrogen-bond acceptors (Lipinski definition) is 2. The summed E-state index contributed by atoms with van der Waals surface area (Å²) in [5, 5.41) is 0. The van der Waals surface area contributed by atoms with Gasteiger partial charge in [-0.2, -0.15) is 13.2 Å². The second kappa shape index (κ2) is 6.37. The lowest BCUT2D eigenvalue weighted by Gasteiger charge is -2.40. The first-order chi connectivity index (χ1) is 10.6. The van der Waals surface area contributed by atoms with E-state index >= 15 is 0 Å². The van der Waals surface area contributed by atoms with E-state index in [4.69, 9.17) is 9.16 Å². The van der Waals surface area contributed by atoms with Gasteiger partial charge in [0.15, 0.2) is 8.32 Å². The van der Waals surface area contributed by atoms with Gasteiger partial charge >= 0.3 is 12.0 Å². The van der Waals surface area contributed by atoms with Crippen LogP contribution in [0.3, 0.4) is 0 Å². The average Bonchev–Trinajstić information content (AvgIpc) is 2.46. The molecule has 2 aromatic carbocycles. The van der Waals surface area contributed by atoms with Crippen LogP contribution in [0.25, 0.3) is 0 Å². The summed E-state index contributed by atoms with van der Waals surface area (Å²) in [4.78, 5) is 0. The van der Waals surface area contributed by atoms with E-state index in [1.54, 1.807) is 43.9 Å². The van der Waals surface area contributed by atoms with E-state index < -0.39 is 20.3 Å². The Bertz CT molecular complexity index is 624. The van der Waals surface area contributed by atoms with Gasteiger partial charge in [0, 0.05) is 5.56 Å². The molecule has 1 atom stereocenters. The number of benzene rings is 2. The third-order valence-corrected chi connectivity index (χ3v) is 3.88. The molecular weight excluding hydrogens is 321 g/mol. The summed E-state index contributed by atoms with van der Waals surface area (Å²) in [6.45, 7) is 5.10. The lowest BCUT2D eigenvalue weighted by molar-refractivity contribution is -0.335. The highest BCUT2D eigenvalue weighted by molar-refractivity contribution is 6.69. The zero-order chi connectivity index (χ0) is 17.1. The molecule has 0 heterocycles. The Hall–Kier alpha value is -1.79. The maximum absolute atomic E-state index is 14.0. The van der Waals surface area contributed by atoms with Crippen LogP contribution in [0.1, 0.15) is 5.56 Å². The van der Waals surface area contributed by atoms with Crippen molar-refractivity contribution in [3.63, 3.8) is 0 Å². The molecule has 6 heteroatoms. The van der Waals surface area contributed by atoms with Crippen molar-refractivity contribution in [2.45, 2.75) is 31.6 Å². The molecule has 0 saturated heterocycles. The van der Waals surface area contributed by atoms with Gasteiger partial charge in [-0.25, -0.2) is 0 Å². The molecule has 2 rings (SSSR count). The smallest absolute Gasteiger partial charge is 0.450 e. The van der Waals surface area contributed by atoms with Crippen LogP contribution >= 0.6 is 0 Å². The van der Waals surface area contributed by atoms with E-state index in [1.807, 2.05) is 0 Å². The third-order valence-electron chi connectivity index (χ3n) is 2.98. The van der Waals surface area contributed by atoms with Crippen LogP contribution in [-0.4, -0.2) is 14.5 Å². The van der Waals surface area contributed by atoms with E-state index in [1.165, 1.54) is 36.4 Å². The van der Waals surface area contributed by atoms with Crippen molar-refractivity contribution >= 4 is 8.32 Å². The van der Waals surface area contributed by atoms with Crippen LogP contribution in [0.4, 0.5) is 13.2 Å². The molecule has 124 valence electrons. The first-order valence-corrected chi connectivity index (χ1v) is 10.6. The van der Waals surface area contributed by atoms with Gasteiger partial charge in [-0.15, -0.1) is 0 Å². The van der Waals surface area contributed by atoms with Crippen LogP contribution in [-0.2, 0) is 10.2 Å². The van der Waals surface area contributed by atoms with Crippen LogP contribution in [0.15, 0.2) is 60.7 Å². The Labute approximate surface area is 135 Å². The van der Waals surface area contributed by atoms with Crippen molar-refractivity contribution in [3.05, 3.63) is 66.2 Å². The number of halogens is 3. The summed E-state index contributed by atoms with van der Waals surface area (Å²) < 4.78 is 53.1. The van der Waals surface area contributed by atoms with Crippen LogP contribution in [0.5, 0.6) is 5.75 Å². The van der Waals surface area contributed by atoms with Crippen LogP contribution in [0, 0.1) is 0 Å². The predicted molar refractivity (Wildman–Crippen MR) is 85.7 cm³/mol. The number of rotatable bonds is 5. The average molecular weight is 340 g/mol. The van der Waals surface area contributed by atoms with E-state index in [2.05, 4.69) is 0 Å². The highest BCUT2D eigenvalue weighted by atomic mass is 28.4. The van der Waals surface area contributed by atoms with Gasteiger partial charge in [-0.1, -0.05) is 48.5 Å². The van der Waals surface area contributed by atoms with Gasteiger partial charge in [-0.3, -0.25) is 0 Å². The second-order valence-electron chi connectivity index (χ2n) is 6.11. The van der Waals surface area contributed by atoms with E-state index in [0.717, 1.165) is 0 Å². The summed E-state index contributed by atoms with van der Waals surface area (Å²) in [5.74, 6) is -2.72. The van der Waals surface area contributed by atoms with Crippen molar-refractivity contribution in [1.29, 1.82) is 0 Å². The number of alkyl halides is 3. The molecule has 0 N–H and O–H groups in total. The van der Waals surface area contributed by atoms with Gasteiger partial charge in [0.25, 0.3) is 0 Å². The minimum Gasteiger partial charge on any atom is -0.450 e. The number of hydrogen-bond donors (Lipinski definition) is 0. The highest BCUT2D eigenvalue weighted by Crippen LogP contribution is 2.45. The monoisotopic (exact) mass is 340 g/mol. The standard InChI is InChI=1S/C17H19F3O2Si/c1-23(2,3)22-16(17(18,19)20,14-10-6-4-7-11-14)21-15-12-8-5-9-13-15/h4-13H,1-3H3. The molecule has 0 fully saturated rings. The van der Waals surface area contributed by atoms with E-state index in [9.17, 15) is 13.2 Å². The molecule has 0 aliphatic carbocycles. The Kier molecular flexibility index (Phi) is 4.86. The van der Waals surface area contributed by atoms with Gasteiger partial charge in [0.05, 0.1) is 0 Å². The molecule has 2 aromatic rings. The maximum Gasteiger partial charge on any atom is 0.459 e. The SMILES string of the molecule is C[Si](C)(C)OC(Oc1ccccc1)(c1ccccc1)C(F)(F)F. The molecule has 1 unspecified atom stereocenters. The Morgan fingerprint density at radius 2 is 1.26 bits per heavy atom. The molecule has 0 spiro atoms. The van der Waals surface area contributed by atoms with E-state index in [0.29, 0.717) is 0 Å². The topological polar surface area (TPSA) is 18.5 Å². The zero-order valence-corrected chi connectivity index (χ0v) is 14.2. The maximum atomic E-state index is 14.0.